The largest absolute Gasteiger partial charge is 0.370 e. The Morgan fingerprint density at radius 2 is 1.55 bits per heavy atom. The molecule has 0 saturated heterocycles. The molecule has 0 aromatic heterocycles. The van der Waals surface area contributed by atoms with Gasteiger partial charge in [0.2, 0.25) is 5.91 Å². The fraction of sp³-hybridized carbons (Fsp3) is 0.235. The third kappa shape index (κ3) is 3.93. The molecule has 1 unspecified atom stereocenters. The standard InChI is InChI=1S/C17H20N2O/c18-16(7-4-8-17(19)20)15-11-9-14(10-12-15)13-5-2-1-3-6-13/h1-3,5-6,9-12,16H,4,7-8,18H2,(H2,19,20). The van der Waals surface area contributed by atoms with E-state index in [4.69, 9.17) is 11.5 Å². The molecular formula is C17H20N2O. The summed E-state index contributed by atoms with van der Waals surface area (Å²) in [6.45, 7) is 0. The second-order valence-corrected chi connectivity index (χ2v) is 4.95. The average Bonchev–Trinajstić information content (AvgIpc) is 2.48. The Hall–Kier alpha value is -2.13. The molecule has 0 radical (unpaired) electrons. The Bertz CT molecular complexity index is 549. The minimum Gasteiger partial charge on any atom is -0.370 e. The Morgan fingerprint density at radius 1 is 0.950 bits per heavy atom. The monoisotopic (exact) mass is 268 g/mol. The van der Waals surface area contributed by atoms with Crippen LogP contribution in [-0.4, -0.2) is 5.91 Å². The quantitative estimate of drug-likeness (QED) is 0.845. The number of carbonyl (C=O) groups excluding carboxylic acids is 1. The normalized spacial score (nSPS) is 12.1. The molecule has 104 valence electrons. The highest BCUT2D eigenvalue weighted by molar-refractivity contribution is 5.73. The van der Waals surface area contributed by atoms with Gasteiger partial charge in [0, 0.05) is 12.5 Å². The highest BCUT2D eigenvalue weighted by atomic mass is 16.1. The highest BCUT2D eigenvalue weighted by Gasteiger charge is 2.07. The molecule has 0 spiro atoms. The summed E-state index contributed by atoms with van der Waals surface area (Å²) in [4.78, 5) is 10.7. The maximum Gasteiger partial charge on any atom is 0.217 e. The highest BCUT2D eigenvalue weighted by Crippen LogP contribution is 2.22. The number of hydrogen-bond acceptors (Lipinski definition) is 2. The Kier molecular flexibility index (Phi) is 4.91. The maximum absolute atomic E-state index is 10.7. The van der Waals surface area contributed by atoms with Crippen molar-refractivity contribution in [2.45, 2.75) is 25.3 Å². The van der Waals surface area contributed by atoms with Crippen LogP contribution in [0.5, 0.6) is 0 Å². The Labute approximate surface area is 119 Å². The van der Waals surface area contributed by atoms with Crippen LogP contribution in [0, 0.1) is 0 Å². The smallest absolute Gasteiger partial charge is 0.217 e. The first kappa shape index (κ1) is 14.3. The van der Waals surface area contributed by atoms with E-state index in [9.17, 15) is 4.79 Å². The summed E-state index contributed by atoms with van der Waals surface area (Å²) < 4.78 is 0. The van der Waals surface area contributed by atoms with Crippen LogP contribution in [0.1, 0.15) is 30.9 Å². The molecule has 1 amide bonds. The van der Waals surface area contributed by atoms with Crippen molar-refractivity contribution in [2.24, 2.45) is 11.5 Å². The minimum absolute atomic E-state index is 0.0424. The van der Waals surface area contributed by atoms with E-state index in [2.05, 4.69) is 36.4 Å². The van der Waals surface area contributed by atoms with Gasteiger partial charge in [-0.15, -0.1) is 0 Å². The molecule has 0 bridgehead atoms. The van der Waals surface area contributed by atoms with Gasteiger partial charge in [0.15, 0.2) is 0 Å². The van der Waals surface area contributed by atoms with E-state index in [1.807, 2.05) is 18.2 Å². The van der Waals surface area contributed by atoms with Crippen molar-refractivity contribution in [2.75, 3.05) is 0 Å². The minimum atomic E-state index is -0.267. The molecular weight excluding hydrogens is 248 g/mol. The van der Waals surface area contributed by atoms with Crippen molar-refractivity contribution in [3.63, 3.8) is 0 Å². The molecule has 0 fully saturated rings. The zero-order chi connectivity index (χ0) is 14.4. The topological polar surface area (TPSA) is 69.1 Å². The van der Waals surface area contributed by atoms with Crippen LogP contribution in [0.15, 0.2) is 54.6 Å². The van der Waals surface area contributed by atoms with Crippen LogP contribution < -0.4 is 11.5 Å². The van der Waals surface area contributed by atoms with Crippen molar-refractivity contribution >= 4 is 5.91 Å². The molecule has 2 aromatic carbocycles. The lowest BCUT2D eigenvalue weighted by atomic mass is 9.98. The van der Waals surface area contributed by atoms with Crippen LogP contribution in [-0.2, 0) is 4.79 Å². The molecule has 2 rings (SSSR count). The summed E-state index contributed by atoms with van der Waals surface area (Å²) in [5, 5.41) is 0. The van der Waals surface area contributed by atoms with Gasteiger partial charge in [-0.2, -0.15) is 0 Å². The van der Waals surface area contributed by atoms with Crippen molar-refractivity contribution in [1.82, 2.24) is 0 Å². The van der Waals surface area contributed by atoms with Gasteiger partial charge in [-0.05, 0) is 29.5 Å². The lowest BCUT2D eigenvalue weighted by Crippen LogP contribution is -2.13. The third-order valence-electron chi connectivity index (χ3n) is 3.38. The predicted molar refractivity (Wildman–Crippen MR) is 81.9 cm³/mol. The van der Waals surface area contributed by atoms with E-state index < -0.39 is 0 Å². The lowest BCUT2D eigenvalue weighted by Gasteiger charge is -2.12. The second kappa shape index (κ2) is 6.87. The molecule has 3 heteroatoms. The number of hydrogen-bond donors (Lipinski definition) is 2. The first-order valence-corrected chi connectivity index (χ1v) is 6.86. The first-order valence-electron chi connectivity index (χ1n) is 6.86. The van der Waals surface area contributed by atoms with Gasteiger partial charge in [-0.25, -0.2) is 0 Å². The van der Waals surface area contributed by atoms with Gasteiger partial charge in [0.05, 0.1) is 0 Å². The van der Waals surface area contributed by atoms with E-state index in [1.54, 1.807) is 0 Å². The van der Waals surface area contributed by atoms with E-state index in [1.165, 1.54) is 11.1 Å². The summed E-state index contributed by atoms with van der Waals surface area (Å²) in [5.74, 6) is -0.267. The van der Waals surface area contributed by atoms with Gasteiger partial charge >= 0.3 is 0 Å². The van der Waals surface area contributed by atoms with Crippen molar-refractivity contribution in [3.8, 4) is 11.1 Å². The fourth-order valence-electron chi connectivity index (χ4n) is 2.22. The number of nitrogens with two attached hydrogens (primary N) is 2. The number of amides is 1. The van der Waals surface area contributed by atoms with Crippen LogP contribution in [0.4, 0.5) is 0 Å². The molecule has 0 aliphatic rings. The summed E-state index contributed by atoms with van der Waals surface area (Å²) in [7, 11) is 0. The second-order valence-electron chi connectivity index (χ2n) is 4.95. The number of benzene rings is 2. The van der Waals surface area contributed by atoms with E-state index >= 15 is 0 Å². The molecule has 0 aliphatic heterocycles. The van der Waals surface area contributed by atoms with Crippen LogP contribution in [0.3, 0.4) is 0 Å². The molecule has 4 N–H and O–H groups in total. The average molecular weight is 268 g/mol. The Morgan fingerprint density at radius 3 is 2.15 bits per heavy atom. The summed E-state index contributed by atoms with van der Waals surface area (Å²) in [6, 6.07) is 18.5. The SMILES string of the molecule is NC(=O)CCCC(N)c1ccc(-c2ccccc2)cc1. The number of carbonyl (C=O) groups is 1. The molecule has 2 aromatic rings. The molecule has 0 heterocycles. The first-order chi connectivity index (χ1) is 9.66. The van der Waals surface area contributed by atoms with E-state index in [0.717, 1.165) is 18.4 Å². The Balaban J connectivity index is 1.99. The fourth-order valence-corrected chi connectivity index (χ4v) is 2.22. The van der Waals surface area contributed by atoms with Crippen molar-refractivity contribution in [3.05, 3.63) is 60.2 Å². The lowest BCUT2D eigenvalue weighted by molar-refractivity contribution is -0.118. The summed E-state index contributed by atoms with van der Waals surface area (Å²) in [5.41, 5.74) is 14.7. The number of primary amides is 1. The van der Waals surface area contributed by atoms with Gasteiger partial charge in [0.1, 0.15) is 0 Å². The molecule has 3 nitrogen and oxygen atoms in total. The zero-order valence-corrected chi connectivity index (χ0v) is 11.5. The van der Waals surface area contributed by atoms with E-state index in [0.29, 0.717) is 6.42 Å². The molecule has 1 atom stereocenters. The predicted octanol–water partition coefficient (Wildman–Crippen LogP) is 3.01. The molecule has 20 heavy (non-hydrogen) atoms. The molecule has 0 aliphatic carbocycles. The molecule has 0 saturated carbocycles. The van der Waals surface area contributed by atoms with Gasteiger partial charge in [-0.3, -0.25) is 4.79 Å². The zero-order valence-electron chi connectivity index (χ0n) is 11.5. The van der Waals surface area contributed by atoms with Crippen LogP contribution in [0.2, 0.25) is 0 Å². The van der Waals surface area contributed by atoms with Gasteiger partial charge in [0.25, 0.3) is 0 Å². The van der Waals surface area contributed by atoms with Crippen molar-refractivity contribution in [1.29, 1.82) is 0 Å². The van der Waals surface area contributed by atoms with Gasteiger partial charge in [-0.1, -0.05) is 54.6 Å². The third-order valence-corrected chi connectivity index (χ3v) is 3.38. The van der Waals surface area contributed by atoms with Crippen LogP contribution >= 0.6 is 0 Å². The summed E-state index contributed by atoms with van der Waals surface area (Å²) in [6.07, 6.45) is 1.90. The summed E-state index contributed by atoms with van der Waals surface area (Å²) >= 11 is 0. The maximum atomic E-state index is 10.7. The number of rotatable bonds is 6. The van der Waals surface area contributed by atoms with Gasteiger partial charge < -0.3 is 11.5 Å². The van der Waals surface area contributed by atoms with Crippen molar-refractivity contribution < 1.29 is 4.79 Å². The van der Waals surface area contributed by atoms with Crippen LogP contribution in [0.25, 0.3) is 11.1 Å². The van der Waals surface area contributed by atoms with E-state index in [-0.39, 0.29) is 11.9 Å².